The summed E-state index contributed by atoms with van der Waals surface area (Å²) in [4.78, 5) is 33.4. The van der Waals surface area contributed by atoms with E-state index in [0.717, 1.165) is 5.56 Å². The number of nitrogens with zero attached hydrogens (tertiary/aromatic N) is 2. The Morgan fingerprint density at radius 2 is 1.59 bits per heavy atom. The zero-order valence-electron chi connectivity index (χ0n) is 20.6. The second-order valence-electron chi connectivity index (χ2n) is 8.93. The maximum atomic E-state index is 12.8. The topological polar surface area (TPSA) is 114 Å². The Morgan fingerprint density at radius 3 is 2.27 bits per heavy atom. The first-order valence-corrected chi connectivity index (χ1v) is 12.3. The molecule has 0 saturated heterocycles. The van der Waals surface area contributed by atoms with Crippen LogP contribution in [-0.2, 0) is 11.3 Å². The highest BCUT2D eigenvalue weighted by atomic mass is 32.1. The largest absolute Gasteiger partial charge is 0.444 e. The van der Waals surface area contributed by atoms with Crippen molar-refractivity contribution in [2.75, 3.05) is 16.0 Å². The van der Waals surface area contributed by atoms with Gasteiger partial charge < -0.3 is 20.1 Å². The van der Waals surface area contributed by atoms with E-state index in [1.807, 2.05) is 24.3 Å². The van der Waals surface area contributed by atoms with Crippen LogP contribution in [0.25, 0.3) is 0 Å². The fraction of sp³-hybridized carbons (Fsp3) is 0.185. The van der Waals surface area contributed by atoms with E-state index in [-0.39, 0.29) is 5.91 Å². The molecule has 0 spiro atoms. The summed E-state index contributed by atoms with van der Waals surface area (Å²) < 4.78 is 11.0. The number of thiazole rings is 1. The van der Waals surface area contributed by atoms with Crippen molar-refractivity contribution < 1.29 is 19.1 Å². The van der Waals surface area contributed by atoms with E-state index in [0.29, 0.717) is 39.6 Å². The van der Waals surface area contributed by atoms with E-state index < -0.39 is 11.7 Å². The molecule has 0 unspecified atom stereocenters. The average molecular weight is 518 g/mol. The number of ether oxygens (including phenoxy) is 2. The summed E-state index contributed by atoms with van der Waals surface area (Å²) >= 11 is 1.38. The predicted octanol–water partition coefficient (Wildman–Crippen LogP) is 6.54. The quantitative estimate of drug-likeness (QED) is 0.243. The van der Waals surface area contributed by atoms with Gasteiger partial charge in [0, 0.05) is 24.4 Å². The monoisotopic (exact) mass is 517 g/mol. The van der Waals surface area contributed by atoms with Crippen molar-refractivity contribution in [3.8, 4) is 10.9 Å². The van der Waals surface area contributed by atoms with Gasteiger partial charge in [-0.3, -0.25) is 10.1 Å². The zero-order valence-corrected chi connectivity index (χ0v) is 21.5. The first kappa shape index (κ1) is 25.6. The van der Waals surface area contributed by atoms with Crippen molar-refractivity contribution in [1.82, 2.24) is 9.97 Å². The number of benzene rings is 2. The number of aromatic nitrogens is 2. The van der Waals surface area contributed by atoms with Gasteiger partial charge in [-0.2, -0.15) is 0 Å². The standard InChI is InChI=1S/C27H27N5O4S/c1-27(2,3)36-26(34)32-21-9-5-4-8-20(21)31-24(33)19-13-11-18(12-14-19)16-29-25-30-17-23(37-25)35-22-10-6-7-15-28-22/h4-15,17H,16H2,1-3H3,(H,29,30)(H,31,33)(H,32,34). The lowest BCUT2D eigenvalue weighted by Crippen LogP contribution is -2.27. The fourth-order valence-electron chi connectivity index (χ4n) is 3.16. The number of anilines is 3. The lowest BCUT2D eigenvalue weighted by atomic mass is 10.1. The fourth-order valence-corrected chi connectivity index (χ4v) is 3.83. The highest BCUT2D eigenvalue weighted by Gasteiger charge is 2.18. The predicted molar refractivity (Wildman–Crippen MR) is 144 cm³/mol. The van der Waals surface area contributed by atoms with E-state index in [1.54, 1.807) is 75.6 Å². The van der Waals surface area contributed by atoms with Crippen LogP contribution >= 0.6 is 11.3 Å². The molecule has 10 heteroatoms. The summed E-state index contributed by atoms with van der Waals surface area (Å²) in [5, 5.41) is 10.1. The Bertz CT molecular complexity index is 1350. The van der Waals surface area contributed by atoms with Crippen LogP contribution in [0.15, 0.2) is 79.1 Å². The number of nitrogens with one attached hydrogen (secondary N) is 3. The SMILES string of the molecule is CC(C)(C)OC(=O)Nc1ccccc1NC(=O)c1ccc(CNc2ncc(Oc3ccccn3)s2)cc1. The lowest BCUT2D eigenvalue weighted by molar-refractivity contribution is 0.0635. The Morgan fingerprint density at radius 1 is 0.892 bits per heavy atom. The normalized spacial score (nSPS) is 10.9. The molecule has 0 radical (unpaired) electrons. The molecule has 0 atom stereocenters. The summed E-state index contributed by atoms with van der Waals surface area (Å²) in [5.74, 6) is 0.212. The van der Waals surface area contributed by atoms with E-state index >= 15 is 0 Å². The Hall–Kier alpha value is -4.44. The third-order valence-corrected chi connectivity index (χ3v) is 5.63. The van der Waals surface area contributed by atoms with E-state index in [4.69, 9.17) is 9.47 Å². The summed E-state index contributed by atoms with van der Waals surface area (Å²) in [7, 11) is 0. The number of carbonyl (C=O) groups is 2. The zero-order chi connectivity index (χ0) is 26.3. The lowest BCUT2D eigenvalue weighted by Gasteiger charge is -2.20. The van der Waals surface area contributed by atoms with Gasteiger partial charge in [-0.25, -0.2) is 14.8 Å². The molecule has 0 aliphatic rings. The summed E-state index contributed by atoms with van der Waals surface area (Å²) in [6.45, 7) is 5.88. The Balaban J connectivity index is 1.31. The minimum atomic E-state index is -0.631. The van der Waals surface area contributed by atoms with Crippen LogP contribution in [-0.4, -0.2) is 27.6 Å². The molecule has 4 rings (SSSR count). The molecule has 0 bridgehead atoms. The first-order valence-electron chi connectivity index (χ1n) is 11.5. The van der Waals surface area contributed by atoms with Crippen LogP contribution < -0.4 is 20.7 Å². The van der Waals surface area contributed by atoms with Gasteiger partial charge in [0.05, 0.1) is 17.6 Å². The smallest absolute Gasteiger partial charge is 0.412 e. The second kappa shape index (κ2) is 11.5. The number of para-hydroxylation sites is 2. The molecular weight excluding hydrogens is 490 g/mol. The average Bonchev–Trinajstić information content (AvgIpc) is 3.31. The first-order chi connectivity index (χ1) is 17.7. The van der Waals surface area contributed by atoms with Gasteiger partial charge in [0.2, 0.25) is 10.9 Å². The third-order valence-electron chi connectivity index (χ3n) is 4.80. The molecule has 0 aliphatic carbocycles. The van der Waals surface area contributed by atoms with Crippen molar-refractivity contribution in [2.45, 2.75) is 32.9 Å². The summed E-state index contributed by atoms with van der Waals surface area (Å²) in [6, 6.07) is 19.6. The van der Waals surface area contributed by atoms with Crippen molar-refractivity contribution in [3.05, 3.63) is 90.3 Å². The summed E-state index contributed by atoms with van der Waals surface area (Å²) in [5.41, 5.74) is 1.74. The second-order valence-corrected chi connectivity index (χ2v) is 9.92. The molecule has 0 saturated carbocycles. The minimum Gasteiger partial charge on any atom is -0.444 e. The molecule has 0 aliphatic heterocycles. The molecule has 9 nitrogen and oxygen atoms in total. The summed E-state index contributed by atoms with van der Waals surface area (Å²) in [6.07, 6.45) is 2.71. The highest BCUT2D eigenvalue weighted by molar-refractivity contribution is 7.17. The molecule has 37 heavy (non-hydrogen) atoms. The maximum absolute atomic E-state index is 12.8. The molecule has 190 valence electrons. The molecule has 2 heterocycles. The Labute approximate surface area is 218 Å². The number of carbonyl (C=O) groups excluding carboxylic acids is 2. The van der Waals surface area contributed by atoms with Gasteiger partial charge in [0.1, 0.15) is 5.60 Å². The van der Waals surface area contributed by atoms with Crippen molar-refractivity contribution in [2.24, 2.45) is 0 Å². The van der Waals surface area contributed by atoms with Crippen LogP contribution in [0.2, 0.25) is 0 Å². The number of hydrogen-bond acceptors (Lipinski definition) is 8. The molecule has 4 aromatic rings. The van der Waals surface area contributed by atoms with Gasteiger partial charge in [-0.05, 0) is 56.7 Å². The van der Waals surface area contributed by atoms with Crippen LogP contribution in [0.3, 0.4) is 0 Å². The van der Waals surface area contributed by atoms with E-state index in [1.165, 1.54) is 11.3 Å². The van der Waals surface area contributed by atoms with E-state index in [9.17, 15) is 9.59 Å². The van der Waals surface area contributed by atoms with Gasteiger partial charge in [0.25, 0.3) is 5.91 Å². The molecular formula is C27H27N5O4S. The highest BCUT2D eigenvalue weighted by Crippen LogP contribution is 2.29. The number of pyridine rings is 1. The molecule has 2 aromatic carbocycles. The van der Waals surface area contributed by atoms with Crippen LogP contribution in [0, 0.1) is 0 Å². The van der Waals surface area contributed by atoms with Gasteiger partial charge in [0.15, 0.2) is 5.13 Å². The van der Waals surface area contributed by atoms with Crippen LogP contribution in [0.5, 0.6) is 10.9 Å². The van der Waals surface area contributed by atoms with Gasteiger partial charge in [-0.1, -0.05) is 41.7 Å². The molecule has 2 aromatic heterocycles. The van der Waals surface area contributed by atoms with Crippen LogP contribution in [0.1, 0.15) is 36.7 Å². The number of amides is 2. The van der Waals surface area contributed by atoms with Crippen molar-refractivity contribution >= 4 is 39.8 Å². The molecule has 2 amide bonds. The van der Waals surface area contributed by atoms with Crippen molar-refractivity contribution in [1.29, 1.82) is 0 Å². The molecule has 3 N–H and O–H groups in total. The van der Waals surface area contributed by atoms with Crippen LogP contribution in [0.4, 0.5) is 21.3 Å². The number of hydrogen-bond donors (Lipinski definition) is 3. The Kier molecular flexibility index (Phi) is 7.99. The van der Waals surface area contributed by atoms with E-state index in [2.05, 4.69) is 25.9 Å². The maximum Gasteiger partial charge on any atom is 0.412 e. The number of rotatable bonds is 8. The molecule has 0 fully saturated rings. The van der Waals surface area contributed by atoms with Crippen molar-refractivity contribution in [3.63, 3.8) is 0 Å². The van der Waals surface area contributed by atoms with Gasteiger partial charge >= 0.3 is 6.09 Å². The minimum absolute atomic E-state index is 0.297. The third kappa shape index (κ3) is 7.77. The van der Waals surface area contributed by atoms with Gasteiger partial charge in [-0.15, -0.1) is 0 Å².